The zero-order valence-corrected chi connectivity index (χ0v) is 17.0. The van der Waals surface area contributed by atoms with E-state index >= 15 is 0 Å². The summed E-state index contributed by atoms with van der Waals surface area (Å²) in [7, 11) is 0. The van der Waals surface area contributed by atoms with Gasteiger partial charge >= 0.3 is 5.97 Å². The van der Waals surface area contributed by atoms with Crippen LogP contribution in [0.4, 0.5) is 5.69 Å². The summed E-state index contributed by atoms with van der Waals surface area (Å²) in [5, 5.41) is 2.61. The van der Waals surface area contributed by atoms with Gasteiger partial charge < -0.3 is 20.5 Å². The second-order valence-corrected chi connectivity index (χ2v) is 7.05. The maximum atomic E-state index is 12.2. The fourth-order valence-electron chi connectivity index (χ4n) is 2.63. The number of primary amides is 1. The lowest BCUT2D eigenvalue weighted by Crippen LogP contribution is -2.31. The summed E-state index contributed by atoms with van der Waals surface area (Å²) in [5.41, 5.74) is 7.98. The Hall–Kier alpha value is -3.35. The van der Waals surface area contributed by atoms with Crippen molar-refractivity contribution in [3.63, 3.8) is 0 Å². The molecule has 154 valence electrons. The average molecular weight is 398 g/mol. The Morgan fingerprint density at radius 1 is 1.03 bits per heavy atom. The van der Waals surface area contributed by atoms with Gasteiger partial charge in [-0.05, 0) is 61.2 Å². The van der Waals surface area contributed by atoms with Gasteiger partial charge in [0, 0.05) is 11.3 Å². The number of anilines is 1. The van der Waals surface area contributed by atoms with Crippen LogP contribution in [0.1, 0.15) is 48.2 Å². The van der Waals surface area contributed by atoms with Crippen molar-refractivity contribution in [3.05, 3.63) is 59.2 Å². The summed E-state index contributed by atoms with van der Waals surface area (Å²) in [5.74, 6) is -0.827. The lowest BCUT2D eigenvalue weighted by Gasteiger charge is -2.16. The van der Waals surface area contributed by atoms with Crippen molar-refractivity contribution in [2.45, 2.75) is 39.7 Å². The summed E-state index contributed by atoms with van der Waals surface area (Å²) in [6, 6.07) is 11.9. The minimum Gasteiger partial charge on any atom is -0.482 e. The monoisotopic (exact) mass is 398 g/mol. The predicted octanol–water partition coefficient (Wildman–Crippen LogP) is 3.17. The molecule has 0 saturated carbocycles. The fraction of sp³-hybridized carbons (Fsp3) is 0.318. The molecule has 0 aromatic heterocycles. The van der Waals surface area contributed by atoms with Crippen molar-refractivity contribution < 1.29 is 23.9 Å². The normalized spacial score (nSPS) is 11.6. The molecule has 2 amide bonds. The molecule has 0 fully saturated rings. The number of carbonyl (C=O) groups excluding carboxylic acids is 3. The van der Waals surface area contributed by atoms with E-state index in [0.29, 0.717) is 17.0 Å². The first-order chi connectivity index (χ1) is 13.7. The molecule has 1 atom stereocenters. The summed E-state index contributed by atoms with van der Waals surface area (Å²) in [6.45, 7) is 7.19. The summed E-state index contributed by atoms with van der Waals surface area (Å²) in [4.78, 5) is 35.4. The second-order valence-electron chi connectivity index (χ2n) is 7.05. The highest BCUT2D eigenvalue weighted by Gasteiger charge is 2.19. The van der Waals surface area contributed by atoms with Crippen LogP contribution in [-0.4, -0.2) is 30.5 Å². The molecule has 7 nitrogen and oxygen atoms in total. The van der Waals surface area contributed by atoms with Gasteiger partial charge in [0.25, 0.3) is 5.91 Å². The second kappa shape index (κ2) is 9.73. The van der Waals surface area contributed by atoms with Crippen LogP contribution in [0.15, 0.2) is 42.5 Å². The number of amides is 2. The molecular weight excluding hydrogens is 372 g/mol. The molecule has 0 heterocycles. The number of aryl methyl sites for hydroxylation is 1. The molecule has 0 saturated heterocycles. The van der Waals surface area contributed by atoms with E-state index in [1.54, 1.807) is 12.1 Å². The van der Waals surface area contributed by atoms with Crippen LogP contribution in [0.2, 0.25) is 0 Å². The number of hydrogen-bond donors (Lipinski definition) is 2. The third kappa shape index (κ3) is 6.34. The number of benzene rings is 2. The lowest BCUT2D eigenvalue weighted by molar-refractivity contribution is -0.155. The maximum Gasteiger partial charge on any atom is 0.344 e. The van der Waals surface area contributed by atoms with Gasteiger partial charge in [-0.3, -0.25) is 9.59 Å². The van der Waals surface area contributed by atoms with E-state index in [4.69, 9.17) is 15.2 Å². The smallest absolute Gasteiger partial charge is 0.344 e. The summed E-state index contributed by atoms with van der Waals surface area (Å²) in [6.07, 6.45) is -1.01. The van der Waals surface area contributed by atoms with E-state index in [1.807, 2.05) is 39.0 Å². The average Bonchev–Trinajstić information content (AvgIpc) is 2.66. The van der Waals surface area contributed by atoms with Gasteiger partial charge in [0.05, 0.1) is 0 Å². The Morgan fingerprint density at radius 2 is 1.69 bits per heavy atom. The Bertz CT molecular complexity index is 891. The third-order valence-electron chi connectivity index (χ3n) is 4.25. The van der Waals surface area contributed by atoms with Crippen LogP contribution in [-0.2, 0) is 14.3 Å². The largest absolute Gasteiger partial charge is 0.482 e. The fourth-order valence-corrected chi connectivity index (χ4v) is 2.63. The Balaban J connectivity index is 1.89. The standard InChI is InChI=1S/C22H26N2O5/c1-13(2)18-10-5-14(3)11-19(18)28-12-20(25)29-15(4)22(27)24-17-8-6-16(7-9-17)21(23)26/h5-11,13,15H,12H2,1-4H3,(H2,23,26)(H,24,27)/t15-/m1/s1. The Labute approximate surface area is 170 Å². The van der Waals surface area contributed by atoms with Gasteiger partial charge in [-0.1, -0.05) is 26.0 Å². The maximum absolute atomic E-state index is 12.2. The van der Waals surface area contributed by atoms with Crippen molar-refractivity contribution in [3.8, 4) is 5.75 Å². The van der Waals surface area contributed by atoms with Crippen molar-refractivity contribution >= 4 is 23.5 Å². The van der Waals surface area contributed by atoms with Gasteiger partial charge in [0.15, 0.2) is 12.7 Å². The highest BCUT2D eigenvalue weighted by Crippen LogP contribution is 2.27. The Morgan fingerprint density at radius 3 is 2.28 bits per heavy atom. The van der Waals surface area contributed by atoms with E-state index in [2.05, 4.69) is 5.32 Å². The lowest BCUT2D eigenvalue weighted by atomic mass is 10.0. The number of esters is 1. The third-order valence-corrected chi connectivity index (χ3v) is 4.25. The van der Waals surface area contributed by atoms with E-state index in [-0.39, 0.29) is 12.5 Å². The molecule has 0 bridgehead atoms. The number of nitrogens with one attached hydrogen (secondary N) is 1. The topological polar surface area (TPSA) is 108 Å². The number of nitrogens with two attached hydrogens (primary N) is 1. The van der Waals surface area contributed by atoms with E-state index < -0.39 is 23.9 Å². The minimum atomic E-state index is -1.01. The van der Waals surface area contributed by atoms with Crippen LogP contribution >= 0.6 is 0 Å². The molecule has 7 heteroatoms. The Kier molecular flexibility index (Phi) is 7.36. The van der Waals surface area contributed by atoms with Crippen molar-refractivity contribution in [1.29, 1.82) is 0 Å². The van der Waals surface area contributed by atoms with Crippen LogP contribution in [0.5, 0.6) is 5.75 Å². The highest BCUT2D eigenvalue weighted by molar-refractivity contribution is 5.96. The van der Waals surface area contributed by atoms with Crippen molar-refractivity contribution in [2.75, 3.05) is 11.9 Å². The van der Waals surface area contributed by atoms with Gasteiger partial charge in [-0.15, -0.1) is 0 Å². The number of hydrogen-bond acceptors (Lipinski definition) is 5. The van der Waals surface area contributed by atoms with Crippen LogP contribution in [0.3, 0.4) is 0 Å². The molecule has 0 aliphatic heterocycles. The molecule has 0 radical (unpaired) electrons. The van der Waals surface area contributed by atoms with Crippen molar-refractivity contribution in [1.82, 2.24) is 0 Å². The van der Waals surface area contributed by atoms with Crippen LogP contribution in [0, 0.1) is 6.92 Å². The number of ether oxygens (including phenoxy) is 2. The highest BCUT2D eigenvalue weighted by atomic mass is 16.6. The van der Waals surface area contributed by atoms with Crippen LogP contribution < -0.4 is 15.8 Å². The number of carbonyl (C=O) groups is 3. The molecule has 29 heavy (non-hydrogen) atoms. The molecule has 0 aliphatic rings. The predicted molar refractivity (Wildman–Crippen MR) is 110 cm³/mol. The summed E-state index contributed by atoms with van der Waals surface area (Å²) < 4.78 is 10.8. The van der Waals surface area contributed by atoms with E-state index in [1.165, 1.54) is 19.1 Å². The quantitative estimate of drug-likeness (QED) is 0.664. The zero-order valence-electron chi connectivity index (χ0n) is 17.0. The van der Waals surface area contributed by atoms with E-state index in [9.17, 15) is 14.4 Å². The molecule has 2 aromatic rings. The first-order valence-corrected chi connectivity index (χ1v) is 9.31. The minimum absolute atomic E-state index is 0.243. The van der Waals surface area contributed by atoms with Gasteiger partial charge in [0.1, 0.15) is 5.75 Å². The zero-order chi connectivity index (χ0) is 21.6. The molecular formula is C22H26N2O5. The summed E-state index contributed by atoms with van der Waals surface area (Å²) >= 11 is 0. The van der Waals surface area contributed by atoms with Gasteiger partial charge in [0.2, 0.25) is 5.91 Å². The molecule has 0 unspecified atom stereocenters. The SMILES string of the molecule is Cc1ccc(C(C)C)c(OCC(=O)O[C@H](C)C(=O)Nc2ccc(C(N)=O)cc2)c1. The van der Waals surface area contributed by atoms with Crippen LogP contribution in [0.25, 0.3) is 0 Å². The van der Waals surface area contributed by atoms with E-state index in [0.717, 1.165) is 11.1 Å². The molecule has 2 aromatic carbocycles. The number of rotatable bonds is 8. The molecule has 0 aliphatic carbocycles. The first-order valence-electron chi connectivity index (χ1n) is 9.31. The van der Waals surface area contributed by atoms with Gasteiger partial charge in [-0.25, -0.2) is 4.79 Å². The molecule has 0 spiro atoms. The molecule has 3 N–H and O–H groups in total. The van der Waals surface area contributed by atoms with Crippen molar-refractivity contribution in [2.24, 2.45) is 5.73 Å². The first kappa shape index (κ1) is 21.9. The van der Waals surface area contributed by atoms with Gasteiger partial charge in [-0.2, -0.15) is 0 Å². The molecule has 2 rings (SSSR count).